The fourth-order valence-electron chi connectivity index (χ4n) is 4.22. The molecule has 0 aromatic heterocycles. The first-order valence-corrected chi connectivity index (χ1v) is 13.5. The molecule has 1 saturated carbocycles. The molecule has 0 heterocycles. The van der Waals surface area contributed by atoms with Crippen LogP contribution in [-0.2, 0) is 21.9 Å². The summed E-state index contributed by atoms with van der Waals surface area (Å²) in [5, 5.41) is 4.09. The van der Waals surface area contributed by atoms with Crippen molar-refractivity contribution in [2.24, 2.45) is 0 Å². The third-order valence-corrected chi connectivity index (χ3v) is 7.87. The van der Waals surface area contributed by atoms with E-state index >= 15 is 0 Å². The van der Waals surface area contributed by atoms with E-state index in [9.17, 15) is 9.59 Å². The Balaban J connectivity index is 1.73. The number of nitrogens with zero attached hydrogens (tertiary/aromatic N) is 1. The topological polar surface area (TPSA) is 49.4 Å². The Morgan fingerprint density at radius 1 is 1.12 bits per heavy atom. The summed E-state index contributed by atoms with van der Waals surface area (Å²) in [6.07, 6.45) is 4.85. The lowest BCUT2D eigenvalue weighted by Gasteiger charge is -2.31. The highest BCUT2D eigenvalue weighted by molar-refractivity contribution is 7.99. The van der Waals surface area contributed by atoms with Crippen LogP contribution >= 0.6 is 35.0 Å². The molecule has 0 radical (unpaired) electrons. The first-order chi connectivity index (χ1) is 15.9. The summed E-state index contributed by atoms with van der Waals surface area (Å²) in [4.78, 5) is 28.3. The molecule has 2 aromatic carbocycles. The minimum atomic E-state index is -0.522. The van der Waals surface area contributed by atoms with Crippen LogP contribution in [0.4, 0.5) is 0 Å². The third kappa shape index (κ3) is 7.40. The molecule has 0 saturated heterocycles. The van der Waals surface area contributed by atoms with Crippen molar-refractivity contribution in [2.45, 2.75) is 70.3 Å². The van der Waals surface area contributed by atoms with Gasteiger partial charge in [-0.15, -0.1) is 11.8 Å². The quantitative estimate of drug-likeness (QED) is 0.405. The number of carbonyl (C=O) groups is 2. The van der Waals surface area contributed by atoms with Gasteiger partial charge in [0.1, 0.15) is 6.04 Å². The van der Waals surface area contributed by atoms with Crippen LogP contribution in [0.2, 0.25) is 10.0 Å². The van der Waals surface area contributed by atoms with Gasteiger partial charge in [0.05, 0.1) is 15.8 Å². The first kappa shape index (κ1) is 25.9. The summed E-state index contributed by atoms with van der Waals surface area (Å²) < 4.78 is 0. The maximum absolute atomic E-state index is 13.4. The van der Waals surface area contributed by atoms with Gasteiger partial charge in [0.2, 0.25) is 11.8 Å². The average Bonchev–Trinajstić information content (AvgIpc) is 3.30. The van der Waals surface area contributed by atoms with Gasteiger partial charge in [-0.3, -0.25) is 9.59 Å². The van der Waals surface area contributed by atoms with Gasteiger partial charge in [0.25, 0.3) is 0 Å². The van der Waals surface area contributed by atoms with Gasteiger partial charge < -0.3 is 10.2 Å². The van der Waals surface area contributed by atoms with Gasteiger partial charge in [-0.2, -0.15) is 0 Å². The molecule has 0 spiro atoms. The largest absolute Gasteiger partial charge is 0.352 e. The van der Waals surface area contributed by atoms with E-state index < -0.39 is 6.04 Å². The smallest absolute Gasteiger partial charge is 0.243 e. The SMILES string of the molecule is CC[C@@H](C(=O)NC1CCCC1)N(Cc1ccc(Cl)c(Cl)c1)C(=O)CSCc1ccccc1C. The van der Waals surface area contributed by atoms with Crippen LogP contribution in [0.15, 0.2) is 42.5 Å². The van der Waals surface area contributed by atoms with Crippen molar-refractivity contribution in [1.82, 2.24) is 10.2 Å². The second-order valence-electron chi connectivity index (χ2n) is 8.60. The molecule has 1 aliphatic carbocycles. The number of nitrogens with one attached hydrogen (secondary N) is 1. The highest BCUT2D eigenvalue weighted by Gasteiger charge is 2.30. The Morgan fingerprint density at radius 2 is 1.85 bits per heavy atom. The number of rotatable bonds is 10. The molecule has 2 aromatic rings. The fourth-order valence-corrected chi connectivity index (χ4v) is 5.53. The van der Waals surface area contributed by atoms with E-state index in [4.69, 9.17) is 23.2 Å². The van der Waals surface area contributed by atoms with Crippen molar-refractivity contribution < 1.29 is 9.59 Å². The second kappa shape index (κ2) is 12.7. The zero-order chi connectivity index (χ0) is 23.8. The van der Waals surface area contributed by atoms with E-state index in [0.29, 0.717) is 28.8 Å². The van der Waals surface area contributed by atoms with E-state index in [0.717, 1.165) is 37.0 Å². The molecule has 7 heteroatoms. The molecule has 0 aliphatic heterocycles. The lowest BCUT2D eigenvalue weighted by molar-refractivity contribution is -0.139. The minimum Gasteiger partial charge on any atom is -0.352 e. The normalized spacial score (nSPS) is 14.8. The number of hydrogen-bond donors (Lipinski definition) is 1. The van der Waals surface area contributed by atoms with Crippen LogP contribution in [-0.4, -0.2) is 34.6 Å². The summed E-state index contributed by atoms with van der Waals surface area (Å²) in [5.74, 6) is 0.947. The van der Waals surface area contributed by atoms with E-state index in [2.05, 4.69) is 24.4 Å². The second-order valence-corrected chi connectivity index (χ2v) is 10.4. The number of benzene rings is 2. The van der Waals surface area contributed by atoms with Gasteiger partial charge >= 0.3 is 0 Å². The molecule has 1 fully saturated rings. The predicted molar refractivity (Wildman–Crippen MR) is 139 cm³/mol. The zero-order valence-corrected chi connectivity index (χ0v) is 21.6. The summed E-state index contributed by atoms with van der Waals surface area (Å²) in [5.41, 5.74) is 3.29. The van der Waals surface area contributed by atoms with Gasteiger partial charge in [0, 0.05) is 18.3 Å². The summed E-state index contributed by atoms with van der Waals surface area (Å²) in [7, 11) is 0. The van der Waals surface area contributed by atoms with Crippen LogP contribution in [0, 0.1) is 6.92 Å². The Bertz CT molecular complexity index is 963. The number of aryl methyl sites for hydroxylation is 1. The van der Waals surface area contributed by atoms with Gasteiger partial charge in [0.15, 0.2) is 0 Å². The Labute approximate surface area is 211 Å². The van der Waals surface area contributed by atoms with Crippen LogP contribution in [0.5, 0.6) is 0 Å². The van der Waals surface area contributed by atoms with Gasteiger partial charge in [-0.25, -0.2) is 0 Å². The number of thioether (sulfide) groups is 1. The van der Waals surface area contributed by atoms with Gasteiger partial charge in [-0.05, 0) is 55.0 Å². The molecule has 1 atom stereocenters. The zero-order valence-electron chi connectivity index (χ0n) is 19.3. The molecular weight excluding hydrogens is 475 g/mol. The summed E-state index contributed by atoms with van der Waals surface area (Å²) in [6.45, 7) is 4.35. The van der Waals surface area contributed by atoms with Gasteiger partial charge in [-0.1, -0.05) is 73.3 Å². The maximum atomic E-state index is 13.4. The Kier molecular flexibility index (Phi) is 9.96. The summed E-state index contributed by atoms with van der Waals surface area (Å²) >= 11 is 13.9. The minimum absolute atomic E-state index is 0.0481. The molecule has 33 heavy (non-hydrogen) atoms. The van der Waals surface area contributed by atoms with Crippen LogP contribution in [0.25, 0.3) is 0 Å². The fraction of sp³-hybridized carbons (Fsp3) is 0.462. The lowest BCUT2D eigenvalue weighted by atomic mass is 10.1. The van der Waals surface area contributed by atoms with E-state index in [1.807, 2.05) is 25.1 Å². The number of amides is 2. The monoisotopic (exact) mass is 506 g/mol. The maximum Gasteiger partial charge on any atom is 0.243 e. The number of carbonyl (C=O) groups excluding carboxylic acids is 2. The highest BCUT2D eigenvalue weighted by Crippen LogP contribution is 2.25. The van der Waals surface area contributed by atoms with Crippen LogP contribution in [0.3, 0.4) is 0 Å². The molecule has 4 nitrogen and oxygen atoms in total. The molecule has 2 amide bonds. The number of hydrogen-bond acceptors (Lipinski definition) is 3. The Hall–Kier alpha value is -1.69. The predicted octanol–water partition coefficient (Wildman–Crippen LogP) is 6.40. The lowest BCUT2D eigenvalue weighted by Crippen LogP contribution is -2.51. The third-order valence-electron chi connectivity index (χ3n) is 6.17. The molecular formula is C26H32Cl2N2O2S. The van der Waals surface area contributed by atoms with Crippen molar-refractivity contribution in [2.75, 3.05) is 5.75 Å². The van der Waals surface area contributed by atoms with E-state index in [1.54, 1.807) is 28.8 Å². The first-order valence-electron chi connectivity index (χ1n) is 11.5. The summed E-state index contributed by atoms with van der Waals surface area (Å²) in [6, 6.07) is 13.2. The van der Waals surface area contributed by atoms with Crippen LogP contribution < -0.4 is 5.32 Å². The highest BCUT2D eigenvalue weighted by atomic mass is 35.5. The molecule has 0 bridgehead atoms. The molecule has 178 valence electrons. The molecule has 1 N–H and O–H groups in total. The van der Waals surface area contributed by atoms with Crippen molar-refractivity contribution >= 4 is 46.8 Å². The van der Waals surface area contributed by atoms with E-state index in [-0.39, 0.29) is 17.9 Å². The van der Waals surface area contributed by atoms with Crippen molar-refractivity contribution in [3.05, 3.63) is 69.2 Å². The van der Waals surface area contributed by atoms with Crippen molar-refractivity contribution in [3.63, 3.8) is 0 Å². The van der Waals surface area contributed by atoms with Crippen molar-refractivity contribution in [1.29, 1.82) is 0 Å². The standard InChI is InChI=1S/C26H32Cl2N2O2S/c1-3-24(26(32)29-21-10-6-7-11-21)30(15-19-12-13-22(27)23(28)14-19)25(31)17-33-16-20-9-5-4-8-18(20)2/h4-5,8-9,12-14,21,24H,3,6-7,10-11,15-17H2,1-2H3,(H,29,32)/t24-/m0/s1. The van der Waals surface area contributed by atoms with Crippen LogP contribution in [0.1, 0.15) is 55.7 Å². The molecule has 3 rings (SSSR count). The Morgan fingerprint density at radius 3 is 2.52 bits per heavy atom. The molecule has 1 aliphatic rings. The number of halogens is 2. The van der Waals surface area contributed by atoms with Crippen molar-refractivity contribution in [3.8, 4) is 0 Å². The van der Waals surface area contributed by atoms with E-state index in [1.165, 1.54) is 11.1 Å². The molecule has 0 unspecified atom stereocenters. The average molecular weight is 508 g/mol.